The predicted octanol–water partition coefficient (Wildman–Crippen LogP) is 1.05. The number of hydrogen-bond donors (Lipinski definition) is 3. The van der Waals surface area contributed by atoms with Gasteiger partial charge in [0.15, 0.2) is 0 Å². The number of rotatable bonds is 4. The smallest absolute Gasteiger partial charge is 0.128 e. The zero-order valence-electron chi connectivity index (χ0n) is 8.33. The van der Waals surface area contributed by atoms with Crippen molar-refractivity contribution in [1.29, 1.82) is 0 Å². The molecule has 0 aliphatic carbocycles. The number of nitrogen functional groups attached to an aromatic ring is 1. The second kappa shape index (κ2) is 4.74. The number of nitrogens with two attached hydrogens (primary N) is 2. The molecular formula is C10H16N4. The monoisotopic (exact) mass is 192 g/mol. The molecule has 4 heteroatoms. The molecule has 0 amide bonds. The topological polar surface area (TPSA) is 77.0 Å². The van der Waals surface area contributed by atoms with Crippen molar-refractivity contribution in [2.75, 3.05) is 5.73 Å². The molecule has 1 unspecified atom stereocenters. The molecule has 1 rings (SSSR count). The van der Waals surface area contributed by atoms with E-state index in [0.717, 1.165) is 17.5 Å². The number of hydrazine groups is 1. The lowest BCUT2D eigenvalue weighted by molar-refractivity contribution is 0.559. The molecule has 4 nitrogen and oxygen atoms in total. The Kier molecular flexibility index (Phi) is 3.62. The third-order valence-corrected chi connectivity index (χ3v) is 2.19. The van der Waals surface area contributed by atoms with E-state index < -0.39 is 0 Å². The van der Waals surface area contributed by atoms with Gasteiger partial charge >= 0.3 is 0 Å². The number of anilines is 1. The van der Waals surface area contributed by atoms with Crippen molar-refractivity contribution >= 4 is 5.82 Å². The van der Waals surface area contributed by atoms with Gasteiger partial charge in [-0.05, 0) is 25.0 Å². The fourth-order valence-corrected chi connectivity index (χ4v) is 1.48. The molecule has 76 valence electrons. The Morgan fingerprint density at radius 3 is 2.93 bits per heavy atom. The number of pyridine rings is 1. The summed E-state index contributed by atoms with van der Waals surface area (Å²) < 4.78 is 0. The molecule has 0 spiro atoms. The van der Waals surface area contributed by atoms with Crippen LogP contribution in [0, 0.1) is 6.92 Å². The van der Waals surface area contributed by atoms with Crippen molar-refractivity contribution in [3.63, 3.8) is 0 Å². The van der Waals surface area contributed by atoms with Crippen molar-refractivity contribution in [3.05, 3.63) is 36.0 Å². The number of aryl methyl sites for hydroxylation is 1. The Balaban J connectivity index is 3.07. The molecule has 0 saturated heterocycles. The van der Waals surface area contributed by atoms with Gasteiger partial charge in [-0.2, -0.15) is 0 Å². The van der Waals surface area contributed by atoms with E-state index in [1.165, 1.54) is 0 Å². The Hall–Kier alpha value is -1.39. The molecule has 0 bridgehead atoms. The van der Waals surface area contributed by atoms with Crippen LogP contribution >= 0.6 is 0 Å². The molecule has 1 heterocycles. The summed E-state index contributed by atoms with van der Waals surface area (Å²) in [4.78, 5) is 4.04. The lowest BCUT2D eigenvalue weighted by atomic mass is 10.0. The van der Waals surface area contributed by atoms with Crippen LogP contribution in [-0.2, 0) is 0 Å². The number of nitrogens with one attached hydrogen (secondary N) is 1. The van der Waals surface area contributed by atoms with Crippen LogP contribution < -0.4 is 17.0 Å². The first-order valence-electron chi connectivity index (χ1n) is 4.48. The maximum atomic E-state index is 5.79. The largest absolute Gasteiger partial charge is 0.383 e. The summed E-state index contributed by atoms with van der Waals surface area (Å²) in [5.74, 6) is 5.97. The van der Waals surface area contributed by atoms with Crippen molar-refractivity contribution < 1.29 is 0 Å². The summed E-state index contributed by atoms with van der Waals surface area (Å²) >= 11 is 0. The highest BCUT2D eigenvalue weighted by Gasteiger charge is 2.14. The standard InChI is InChI=1S/C10H16N4/c1-3-4-8(14-12)9-7(2)5-6-13-10(9)11/h3,5-6,8,14H,1,4,12H2,2H3,(H2,11,13). The average molecular weight is 192 g/mol. The summed E-state index contributed by atoms with van der Waals surface area (Å²) in [6.07, 6.45) is 4.22. The average Bonchev–Trinajstić information content (AvgIpc) is 2.16. The third-order valence-electron chi connectivity index (χ3n) is 2.19. The number of hydrogen-bond acceptors (Lipinski definition) is 4. The van der Waals surface area contributed by atoms with E-state index in [0.29, 0.717) is 5.82 Å². The zero-order chi connectivity index (χ0) is 10.6. The second-order valence-electron chi connectivity index (χ2n) is 3.17. The van der Waals surface area contributed by atoms with Crippen molar-refractivity contribution in [1.82, 2.24) is 10.4 Å². The van der Waals surface area contributed by atoms with E-state index in [1.54, 1.807) is 12.3 Å². The molecule has 14 heavy (non-hydrogen) atoms. The molecule has 0 fully saturated rings. The van der Waals surface area contributed by atoms with Gasteiger partial charge in [-0.1, -0.05) is 6.08 Å². The molecule has 0 aliphatic rings. The Labute approximate surface area is 84.0 Å². The summed E-state index contributed by atoms with van der Waals surface area (Å²) in [7, 11) is 0. The molecule has 0 aromatic carbocycles. The molecule has 1 aromatic heterocycles. The maximum absolute atomic E-state index is 5.79. The van der Waals surface area contributed by atoms with Crippen LogP contribution in [0.3, 0.4) is 0 Å². The summed E-state index contributed by atoms with van der Waals surface area (Å²) in [5, 5.41) is 0. The van der Waals surface area contributed by atoms with E-state index in [-0.39, 0.29) is 6.04 Å². The summed E-state index contributed by atoms with van der Waals surface area (Å²) in [6.45, 7) is 5.66. The van der Waals surface area contributed by atoms with Crippen LogP contribution in [0.1, 0.15) is 23.6 Å². The number of aromatic nitrogens is 1. The van der Waals surface area contributed by atoms with Crippen LogP contribution in [0.5, 0.6) is 0 Å². The zero-order valence-corrected chi connectivity index (χ0v) is 8.33. The van der Waals surface area contributed by atoms with Crippen molar-refractivity contribution in [2.24, 2.45) is 5.84 Å². The van der Waals surface area contributed by atoms with Gasteiger partial charge in [0.1, 0.15) is 5.82 Å². The normalized spacial score (nSPS) is 12.4. The van der Waals surface area contributed by atoms with Crippen LogP contribution in [0.15, 0.2) is 24.9 Å². The van der Waals surface area contributed by atoms with Crippen LogP contribution in [0.25, 0.3) is 0 Å². The molecule has 1 aromatic rings. The van der Waals surface area contributed by atoms with Crippen LogP contribution in [-0.4, -0.2) is 4.98 Å². The maximum Gasteiger partial charge on any atom is 0.128 e. The molecule has 5 N–H and O–H groups in total. The van der Waals surface area contributed by atoms with Gasteiger partial charge in [0.05, 0.1) is 6.04 Å². The van der Waals surface area contributed by atoms with Gasteiger partial charge in [0.25, 0.3) is 0 Å². The summed E-state index contributed by atoms with van der Waals surface area (Å²) in [5.41, 5.74) is 10.5. The Bertz CT molecular complexity index is 302. The molecule has 1 atom stereocenters. The molecule has 0 aliphatic heterocycles. The number of nitrogens with zero attached hydrogens (tertiary/aromatic N) is 1. The van der Waals surface area contributed by atoms with Crippen LogP contribution in [0.2, 0.25) is 0 Å². The van der Waals surface area contributed by atoms with Gasteiger partial charge in [-0.15, -0.1) is 6.58 Å². The van der Waals surface area contributed by atoms with E-state index in [1.807, 2.05) is 13.0 Å². The third kappa shape index (κ3) is 2.10. The van der Waals surface area contributed by atoms with Crippen molar-refractivity contribution in [3.8, 4) is 0 Å². The first-order chi connectivity index (χ1) is 6.70. The first-order valence-corrected chi connectivity index (χ1v) is 4.48. The fourth-order valence-electron chi connectivity index (χ4n) is 1.48. The van der Waals surface area contributed by atoms with Crippen LogP contribution in [0.4, 0.5) is 5.82 Å². The van der Waals surface area contributed by atoms with E-state index >= 15 is 0 Å². The van der Waals surface area contributed by atoms with Gasteiger partial charge in [-0.3, -0.25) is 11.3 Å². The lowest BCUT2D eigenvalue weighted by Crippen LogP contribution is -2.29. The lowest BCUT2D eigenvalue weighted by Gasteiger charge is -2.17. The molecule has 0 saturated carbocycles. The molecular weight excluding hydrogens is 176 g/mol. The van der Waals surface area contributed by atoms with E-state index in [4.69, 9.17) is 11.6 Å². The predicted molar refractivity (Wildman–Crippen MR) is 58.3 cm³/mol. The SMILES string of the molecule is C=CCC(NN)c1c(C)ccnc1N. The minimum Gasteiger partial charge on any atom is -0.383 e. The highest BCUT2D eigenvalue weighted by Crippen LogP contribution is 2.24. The Morgan fingerprint density at radius 1 is 1.71 bits per heavy atom. The van der Waals surface area contributed by atoms with Gasteiger partial charge in [0.2, 0.25) is 0 Å². The highest BCUT2D eigenvalue weighted by atomic mass is 15.2. The minimum atomic E-state index is -0.0128. The van der Waals surface area contributed by atoms with Gasteiger partial charge in [0, 0.05) is 11.8 Å². The van der Waals surface area contributed by atoms with Gasteiger partial charge in [-0.25, -0.2) is 4.98 Å². The molecule has 0 radical (unpaired) electrons. The van der Waals surface area contributed by atoms with Crippen molar-refractivity contribution in [2.45, 2.75) is 19.4 Å². The van der Waals surface area contributed by atoms with E-state index in [2.05, 4.69) is 17.0 Å². The summed E-state index contributed by atoms with van der Waals surface area (Å²) in [6, 6.07) is 1.90. The fraction of sp³-hybridized carbons (Fsp3) is 0.300. The second-order valence-corrected chi connectivity index (χ2v) is 3.17. The first kappa shape index (κ1) is 10.7. The minimum absolute atomic E-state index is 0.0128. The highest BCUT2D eigenvalue weighted by molar-refractivity contribution is 5.46. The van der Waals surface area contributed by atoms with E-state index in [9.17, 15) is 0 Å². The quantitative estimate of drug-likeness (QED) is 0.378. The Morgan fingerprint density at radius 2 is 2.43 bits per heavy atom. The van der Waals surface area contributed by atoms with Gasteiger partial charge < -0.3 is 5.73 Å².